The number of carbonyl (C=O) groups is 1. The minimum absolute atomic E-state index is 0.0912. The van der Waals surface area contributed by atoms with Crippen LogP contribution in [0.1, 0.15) is 22.7 Å². The second-order valence-corrected chi connectivity index (χ2v) is 6.84. The molecule has 0 fully saturated rings. The van der Waals surface area contributed by atoms with Crippen molar-refractivity contribution in [1.29, 1.82) is 0 Å². The number of nitrogens with zero attached hydrogens (tertiary/aromatic N) is 2. The number of hydrogen-bond acceptors (Lipinski definition) is 3. The Morgan fingerprint density at radius 2 is 1.81 bits per heavy atom. The van der Waals surface area contributed by atoms with E-state index in [1.165, 1.54) is 6.07 Å². The maximum atomic E-state index is 12.3. The van der Waals surface area contributed by atoms with Gasteiger partial charge in [-0.1, -0.05) is 35.3 Å². The van der Waals surface area contributed by atoms with Crippen molar-refractivity contribution in [1.82, 2.24) is 4.57 Å². The molecule has 0 saturated heterocycles. The van der Waals surface area contributed by atoms with Crippen molar-refractivity contribution in [2.75, 3.05) is 0 Å². The molecule has 1 atom stereocenters. The van der Waals surface area contributed by atoms with Gasteiger partial charge in [0.2, 0.25) is 5.91 Å². The normalized spacial score (nSPS) is 12.0. The van der Waals surface area contributed by atoms with E-state index >= 15 is 0 Å². The molecular weight excluding hydrogens is 389 g/mol. The van der Waals surface area contributed by atoms with Gasteiger partial charge in [0, 0.05) is 33.6 Å². The highest BCUT2D eigenvalue weighted by molar-refractivity contribution is 6.36. The first-order valence-corrected chi connectivity index (χ1v) is 8.72. The van der Waals surface area contributed by atoms with Gasteiger partial charge in [-0.15, -0.1) is 0 Å². The lowest BCUT2D eigenvalue weighted by atomic mass is 9.94. The van der Waals surface area contributed by atoms with Gasteiger partial charge in [-0.25, -0.2) is 0 Å². The van der Waals surface area contributed by atoms with E-state index in [-0.39, 0.29) is 15.7 Å². The minimum atomic E-state index is -0.971. The minimum Gasteiger partial charge on any atom is -0.369 e. The molecule has 0 aliphatic rings. The summed E-state index contributed by atoms with van der Waals surface area (Å²) in [5.74, 6) is -1.64. The Kier molecular flexibility index (Phi) is 5.21. The summed E-state index contributed by atoms with van der Waals surface area (Å²) in [6.45, 7) is 1.83. The number of amides is 1. The van der Waals surface area contributed by atoms with E-state index in [4.69, 9.17) is 28.9 Å². The van der Waals surface area contributed by atoms with Crippen molar-refractivity contribution in [3.63, 3.8) is 0 Å². The predicted octanol–water partition coefficient (Wildman–Crippen LogP) is 4.62. The van der Waals surface area contributed by atoms with E-state index in [9.17, 15) is 14.9 Å². The van der Waals surface area contributed by atoms with Crippen LogP contribution in [0.15, 0.2) is 54.7 Å². The molecule has 1 aromatic heterocycles. The topological polar surface area (TPSA) is 91.2 Å². The fourth-order valence-electron chi connectivity index (χ4n) is 3.05. The zero-order valence-corrected chi connectivity index (χ0v) is 15.7. The SMILES string of the molecule is Cc1ccc([N+](=O)[O-])c(-n2cccc2C(C(N)=O)c2c(Cl)cccc2Cl)c1. The molecule has 0 saturated carbocycles. The molecule has 138 valence electrons. The van der Waals surface area contributed by atoms with Gasteiger partial charge in [-0.2, -0.15) is 0 Å². The summed E-state index contributed by atoms with van der Waals surface area (Å²) in [5, 5.41) is 12.1. The standard InChI is InChI=1S/C19H15Cl2N3O3/c1-11-7-8-14(24(26)27)16(10-11)23-9-3-6-15(23)18(19(22)25)17-12(20)4-2-5-13(17)21/h2-10,18H,1H3,(H2,22,25). The predicted molar refractivity (Wildman–Crippen MR) is 105 cm³/mol. The number of halogens is 2. The number of benzene rings is 2. The third kappa shape index (κ3) is 3.54. The van der Waals surface area contributed by atoms with E-state index in [2.05, 4.69) is 0 Å². The van der Waals surface area contributed by atoms with Crippen LogP contribution in [-0.4, -0.2) is 15.4 Å². The molecule has 8 heteroatoms. The summed E-state index contributed by atoms with van der Waals surface area (Å²) in [6.07, 6.45) is 1.64. The Hall–Kier alpha value is -2.83. The van der Waals surface area contributed by atoms with Crippen molar-refractivity contribution in [3.05, 3.63) is 91.7 Å². The first kappa shape index (κ1) is 18.9. The monoisotopic (exact) mass is 403 g/mol. The van der Waals surface area contributed by atoms with E-state index < -0.39 is 16.7 Å². The summed E-state index contributed by atoms with van der Waals surface area (Å²) in [4.78, 5) is 23.3. The summed E-state index contributed by atoms with van der Waals surface area (Å²) < 4.78 is 1.57. The van der Waals surface area contributed by atoms with Gasteiger partial charge >= 0.3 is 0 Å². The van der Waals surface area contributed by atoms with Crippen molar-refractivity contribution in [2.45, 2.75) is 12.8 Å². The summed E-state index contributed by atoms with van der Waals surface area (Å²) in [7, 11) is 0. The molecule has 0 radical (unpaired) electrons. The molecule has 3 aromatic rings. The number of rotatable bonds is 5. The van der Waals surface area contributed by atoms with Crippen LogP contribution in [-0.2, 0) is 4.79 Å². The smallest absolute Gasteiger partial charge is 0.293 e. The number of nitro groups is 1. The highest BCUT2D eigenvalue weighted by atomic mass is 35.5. The average molecular weight is 404 g/mol. The van der Waals surface area contributed by atoms with Crippen LogP contribution in [0, 0.1) is 17.0 Å². The molecule has 3 rings (SSSR count). The van der Waals surface area contributed by atoms with Gasteiger partial charge in [0.15, 0.2) is 0 Å². The molecule has 0 spiro atoms. The van der Waals surface area contributed by atoms with Crippen LogP contribution in [0.4, 0.5) is 5.69 Å². The quantitative estimate of drug-likeness (QED) is 0.497. The Morgan fingerprint density at radius 1 is 1.15 bits per heavy atom. The molecule has 1 unspecified atom stereocenters. The number of hydrogen-bond donors (Lipinski definition) is 1. The van der Waals surface area contributed by atoms with Gasteiger partial charge in [0.25, 0.3) is 5.69 Å². The van der Waals surface area contributed by atoms with Crippen molar-refractivity contribution >= 4 is 34.8 Å². The molecule has 0 aliphatic carbocycles. The number of aromatic nitrogens is 1. The fraction of sp³-hybridized carbons (Fsp3) is 0.105. The van der Waals surface area contributed by atoms with Crippen molar-refractivity contribution in [2.24, 2.45) is 5.73 Å². The van der Waals surface area contributed by atoms with Gasteiger partial charge in [-0.05, 0) is 42.8 Å². The molecule has 1 amide bonds. The largest absolute Gasteiger partial charge is 0.369 e. The van der Waals surface area contributed by atoms with Crippen molar-refractivity contribution in [3.8, 4) is 5.69 Å². The molecule has 0 bridgehead atoms. The van der Waals surface area contributed by atoms with E-state index in [0.717, 1.165) is 5.56 Å². The number of carbonyl (C=O) groups excluding carboxylic acids is 1. The molecule has 0 aliphatic heterocycles. The van der Waals surface area contributed by atoms with Crippen LogP contribution in [0.25, 0.3) is 5.69 Å². The molecule has 1 heterocycles. The zero-order chi connectivity index (χ0) is 19.7. The Balaban J connectivity index is 2.27. The zero-order valence-electron chi connectivity index (χ0n) is 14.2. The highest BCUT2D eigenvalue weighted by Crippen LogP contribution is 2.37. The Bertz CT molecular complexity index is 1030. The molecule has 2 aromatic carbocycles. The maximum Gasteiger partial charge on any atom is 0.293 e. The lowest BCUT2D eigenvalue weighted by Crippen LogP contribution is -2.25. The van der Waals surface area contributed by atoms with Crippen molar-refractivity contribution < 1.29 is 9.72 Å². The average Bonchev–Trinajstić information content (AvgIpc) is 3.06. The van der Waals surface area contributed by atoms with Crippen LogP contribution in [0.3, 0.4) is 0 Å². The van der Waals surface area contributed by atoms with Gasteiger partial charge in [0.05, 0.1) is 4.92 Å². The van der Waals surface area contributed by atoms with Crippen LogP contribution < -0.4 is 5.73 Å². The maximum absolute atomic E-state index is 12.3. The second kappa shape index (κ2) is 7.42. The Morgan fingerprint density at radius 3 is 2.41 bits per heavy atom. The first-order chi connectivity index (χ1) is 12.8. The van der Waals surface area contributed by atoms with E-state index in [0.29, 0.717) is 16.9 Å². The first-order valence-electron chi connectivity index (χ1n) is 7.97. The second-order valence-electron chi connectivity index (χ2n) is 6.02. The molecule has 6 nitrogen and oxygen atoms in total. The summed E-state index contributed by atoms with van der Waals surface area (Å²) in [5.41, 5.74) is 7.54. The molecular formula is C19H15Cl2N3O3. The van der Waals surface area contributed by atoms with E-state index in [1.807, 2.05) is 6.92 Å². The number of primary amides is 1. The number of nitrogens with two attached hydrogens (primary N) is 1. The molecule has 2 N–H and O–H groups in total. The molecule has 27 heavy (non-hydrogen) atoms. The number of aryl methyl sites for hydroxylation is 1. The summed E-state index contributed by atoms with van der Waals surface area (Å²) >= 11 is 12.6. The van der Waals surface area contributed by atoms with Crippen LogP contribution in [0.2, 0.25) is 10.0 Å². The summed E-state index contributed by atoms with van der Waals surface area (Å²) in [6, 6.07) is 13.0. The third-order valence-electron chi connectivity index (χ3n) is 4.24. The Labute approximate surface area is 165 Å². The fourth-order valence-corrected chi connectivity index (χ4v) is 3.67. The van der Waals surface area contributed by atoms with Gasteiger partial charge in [0.1, 0.15) is 11.6 Å². The lowest BCUT2D eigenvalue weighted by molar-refractivity contribution is -0.384. The lowest BCUT2D eigenvalue weighted by Gasteiger charge is -2.20. The number of nitro benzene ring substituents is 1. The van der Waals surface area contributed by atoms with Gasteiger partial charge < -0.3 is 10.3 Å². The third-order valence-corrected chi connectivity index (χ3v) is 4.90. The van der Waals surface area contributed by atoms with Gasteiger partial charge in [-0.3, -0.25) is 14.9 Å². The van der Waals surface area contributed by atoms with Crippen LogP contribution >= 0.6 is 23.2 Å². The van der Waals surface area contributed by atoms with E-state index in [1.54, 1.807) is 53.2 Å². The van der Waals surface area contributed by atoms with Crippen LogP contribution in [0.5, 0.6) is 0 Å². The highest BCUT2D eigenvalue weighted by Gasteiger charge is 2.29.